The van der Waals surface area contributed by atoms with E-state index in [1.807, 2.05) is 18.2 Å². The van der Waals surface area contributed by atoms with Gasteiger partial charge in [0.05, 0.1) is 17.8 Å². The summed E-state index contributed by atoms with van der Waals surface area (Å²) in [4.78, 5) is 14.3. The van der Waals surface area contributed by atoms with Crippen LogP contribution in [-0.2, 0) is 11.4 Å². The number of hydrogen-bond donors (Lipinski definition) is 1. The summed E-state index contributed by atoms with van der Waals surface area (Å²) < 4.78 is 25.4. The predicted molar refractivity (Wildman–Crippen MR) is 134 cm³/mol. The highest BCUT2D eigenvalue weighted by Gasteiger charge is 2.32. The molecule has 0 aromatic heterocycles. The summed E-state index contributed by atoms with van der Waals surface area (Å²) in [7, 11) is 1.57. The van der Waals surface area contributed by atoms with Crippen molar-refractivity contribution in [1.29, 1.82) is 0 Å². The molecule has 9 heteroatoms. The maximum Gasteiger partial charge on any atom is 0.281 e. The van der Waals surface area contributed by atoms with Crippen LogP contribution in [0.4, 0.5) is 10.1 Å². The number of halogens is 3. The van der Waals surface area contributed by atoms with E-state index >= 15 is 0 Å². The summed E-state index contributed by atoms with van der Waals surface area (Å²) in [6, 6.07) is 16.4. The van der Waals surface area contributed by atoms with Crippen LogP contribution in [0.15, 0.2) is 70.8 Å². The van der Waals surface area contributed by atoms with Crippen LogP contribution in [0.3, 0.4) is 0 Å². The van der Waals surface area contributed by atoms with Crippen molar-refractivity contribution in [2.24, 2.45) is 0 Å². The average Bonchev–Trinajstić information content (AvgIpc) is 3.06. The molecule has 1 aliphatic heterocycles. The maximum atomic E-state index is 13.2. The van der Waals surface area contributed by atoms with E-state index in [9.17, 15) is 9.18 Å². The Labute approximate surface area is 208 Å². The van der Waals surface area contributed by atoms with Gasteiger partial charge in [-0.1, -0.05) is 33.6 Å². The minimum atomic E-state index is -0.391. The Morgan fingerprint density at radius 2 is 1.85 bits per heavy atom. The van der Waals surface area contributed by atoms with Gasteiger partial charge in [-0.25, -0.2) is 4.39 Å². The molecule has 3 aromatic carbocycles. The Morgan fingerprint density at radius 3 is 2.55 bits per heavy atom. The second kappa shape index (κ2) is 9.91. The minimum Gasteiger partial charge on any atom is -0.496 e. The number of carbonyl (C=O) groups excluding carboxylic acids is 1. The fourth-order valence-electron chi connectivity index (χ4n) is 3.28. The monoisotopic (exact) mass is 546 g/mol. The van der Waals surface area contributed by atoms with Gasteiger partial charge in [-0.3, -0.25) is 9.69 Å². The molecule has 5 nitrogen and oxygen atoms in total. The first kappa shape index (κ1) is 23.2. The SMILES string of the molecule is COc1ccc(/C=C2/NC(=S)N(c3ccc(F)cc3)C2=O)cc1COc1ccc(Br)cc1Cl. The second-order valence-corrected chi connectivity index (χ2v) is 8.75. The van der Waals surface area contributed by atoms with Crippen molar-refractivity contribution in [3.8, 4) is 11.5 Å². The molecule has 33 heavy (non-hydrogen) atoms. The van der Waals surface area contributed by atoms with Crippen LogP contribution in [0.5, 0.6) is 11.5 Å². The molecule has 0 bridgehead atoms. The molecule has 168 valence electrons. The lowest BCUT2D eigenvalue weighted by Crippen LogP contribution is -2.30. The van der Waals surface area contributed by atoms with E-state index in [-0.39, 0.29) is 17.6 Å². The number of methoxy groups -OCH3 is 1. The van der Waals surface area contributed by atoms with Crippen molar-refractivity contribution in [1.82, 2.24) is 5.32 Å². The minimum absolute atomic E-state index is 0.211. The smallest absolute Gasteiger partial charge is 0.281 e. The Hall–Kier alpha value is -2.94. The lowest BCUT2D eigenvalue weighted by atomic mass is 10.1. The first-order valence-electron chi connectivity index (χ1n) is 9.73. The lowest BCUT2D eigenvalue weighted by Gasteiger charge is -2.13. The Bertz CT molecular complexity index is 1270. The molecule has 0 saturated carbocycles. The molecule has 1 heterocycles. The van der Waals surface area contributed by atoms with Crippen molar-refractivity contribution in [2.45, 2.75) is 6.61 Å². The van der Waals surface area contributed by atoms with Crippen molar-refractivity contribution in [3.63, 3.8) is 0 Å². The third kappa shape index (κ3) is 5.19. The Kier molecular flexibility index (Phi) is 6.97. The quantitative estimate of drug-likeness (QED) is 0.299. The van der Waals surface area contributed by atoms with E-state index in [0.717, 1.165) is 15.6 Å². The zero-order chi connectivity index (χ0) is 23.5. The number of ether oxygens (including phenoxy) is 2. The summed E-state index contributed by atoms with van der Waals surface area (Å²) in [5.74, 6) is 0.456. The third-order valence-corrected chi connectivity index (χ3v) is 5.93. The number of amides is 1. The van der Waals surface area contributed by atoms with Crippen molar-refractivity contribution >= 4 is 62.5 Å². The number of thiocarbonyl (C=S) groups is 1. The maximum absolute atomic E-state index is 13.2. The summed E-state index contributed by atoms with van der Waals surface area (Å²) >= 11 is 14.9. The topological polar surface area (TPSA) is 50.8 Å². The molecule has 0 radical (unpaired) electrons. The van der Waals surface area contributed by atoms with E-state index in [0.29, 0.717) is 27.9 Å². The third-order valence-electron chi connectivity index (χ3n) is 4.86. The van der Waals surface area contributed by atoms with E-state index < -0.39 is 5.82 Å². The van der Waals surface area contributed by atoms with Crippen LogP contribution < -0.4 is 19.7 Å². The van der Waals surface area contributed by atoms with Gasteiger partial charge >= 0.3 is 0 Å². The number of nitrogens with one attached hydrogen (secondary N) is 1. The van der Waals surface area contributed by atoms with Gasteiger partial charge in [0.25, 0.3) is 5.91 Å². The number of rotatable bonds is 6. The van der Waals surface area contributed by atoms with Crippen molar-refractivity contribution < 1.29 is 18.7 Å². The molecule has 4 rings (SSSR count). The molecule has 1 saturated heterocycles. The zero-order valence-corrected chi connectivity index (χ0v) is 20.4. The highest BCUT2D eigenvalue weighted by Crippen LogP contribution is 2.30. The van der Waals surface area contributed by atoms with Gasteiger partial charge in [0.2, 0.25) is 0 Å². The van der Waals surface area contributed by atoms with E-state index in [1.165, 1.54) is 29.2 Å². The molecule has 1 fully saturated rings. The molecule has 0 aliphatic carbocycles. The number of carbonyl (C=O) groups is 1. The molecule has 1 amide bonds. The molecule has 0 unspecified atom stereocenters. The number of benzene rings is 3. The zero-order valence-electron chi connectivity index (χ0n) is 17.3. The van der Waals surface area contributed by atoms with Gasteiger partial charge in [0.15, 0.2) is 5.11 Å². The van der Waals surface area contributed by atoms with Gasteiger partial charge < -0.3 is 14.8 Å². The fourth-order valence-corrected chi connectivity index (χ4v) is 4.30. The first-order valence-corrected chi connectivity index (χ1v) is 11.3. The van der Waals surface area contributed by atoms with E-state index in [1.54, 1.807) is 31.4 Å². The van der Waals surface area contributed by atoms with Crippen molar-refractivity contribution in [2.75, 3.05) is 12.0 Å². The van der Waals surface area contributed by atoms with Gasteiger partial charge in [0.1, 0.15) is 29.6 Å². The highest BCUT2D eigenvalue weighted by molar-refractivity contribution is 9.10. The van der Waals surface area contributed by atoms with Gasteiger partial charge in [-0.15, -0.1) is 0 Å². The van der Waals surface area contributed by atoms with Crippen LogP contribution in [0.2, 0.25) is 5.02 Å². The number of hydrogen-bond acceptors (Lipinski definition) is 4. The summed E-state index contributed by atoms with van der Waals surface area (Å²) in [6.07, 6.45) is 1.69. The van der Waals surface area contributed by atoms with Crippen LogP contribution in [0, 0.1) is 5.82 Å². The van der Waals surface area contributed by atoms with Gasteiger partial charge in [0, 0.05) is 10.0 Å². The number of nitrogens with zero attached hydrogens (tertiary/aromatic N) is 1. The fraction of sp³-hybridized carbons (Fsp3) is 0.0833. The molecular formula is C24H17BrClFN2O3S. The lowest BCUT2D eigenvalue weighted by molar-refractivity contribution is -0.113. The Balaban J connectivity index is 1.57. The molecule has 0 spiro atoms. The predicted octanol–water partition coefficient (Wildman–Crippen LogP) is 6.09. The molecule has 0 atom stereocenters. The van der Waals surface area contributed by atoms with Crippen LogP contribution in [0.25, 0.3) is 6.08 Å². The molecular weight excluding hydrogens is 531 g/mol. The first-order chi connectivity index (χ1) is 15.9. The summed E-state index contributed by atoms with van der Waals surface area (Å²) in [5.41, 5.74) is 2.31. The molecule has 1 N–H and O–H groups in total. The summed E-state index contributed by atoms with van der Waals surface area (Å²) in [6.45, 7) is 0.211. The largest absolute Gasteiger partial charge is 0.496 e. The van der Waals surface area contributed by atoms with Gasteiger partial charge in [-0.2, -0.15) is 0 Å². The van der Waals surface area contributed by atoms with Gasteiger partial charge in [-0.05, 0) is 78.5 Å². The molecule has 1 aliphatic rings. The van der Waals surface area contributed by atoms with Crippen molar-refractivity contribution in [3.05, 3.63) is 92.8 Å². The second-order valence-electron chi connectivity index (χ2n) is 7.04. The summed E-state index contributed by atoms with van der Waals surface area (Å²) in [5, 5.41) is 3.63. The van der Waals surface area contributed by atoms with Crippen LogP contribution in [0.1, 0.15) is 11.1 Å². The van der Waals surface area contributed by atoms with E-state index in [2.05, 4.69) is 21.2 Å². The van der Waals surface area contributed by atoms with E-state index in [4.69, 9.17) is 33.3 Å². The standard InChI is InChI=1S/C24H17BrClFN2O3S/c1-31-21-8-2-14(10-15(21)13-32-22-9-3-16(25)12-19(22)26)11-20-23(30)29(24(33)28-20)18-6-4-17(27)5-7-18/h2-12H,13H2,1H3,(H,28,33)/b20-11+. The van der Waals surface area contributed by atoms with Crippen LogP contribution >= 0.6 is 39.7 Å². The average molecular weight is 548 g/mol. The highest BCUT2D eigenvalue weighted by atomic mass is 79.9. The van der Waals surface area contributed by atoms with Crippen LogP contribution in [-0.4, -0.2) is 18.1 Å². The molecule has 3 aromatic rings. The number of anilines is 1. The normalized spacial score (nSPS) is 14.5. The Morgan fingerprint density at radius 1 is 1.12 bits per heavy atom.